The summed E-state index contributed by atoms with van der Waals surface area (Å²) < 4.78 is 1.95. The van der Waals surface area contributed by atoms with Crippen molar-refractivity contribution in [2.75, 3.05) is 6.54 Å². The number of carboxylic acid groups (broad SMARTS) is 1. The summed E-state index contributed by atoms with van der Waals surface area (Å²) in [5, 5.41) is 13.2. The minimum absolute atomic E-state index is 0.208. The van der Waals surface area contributed by atoms with Gasteiger partial charge < -0.3 is 10.8 Å². The molecule has 1 saturated carbocycles. The van der Waals surface area contributed by atoms with Crippen molar-refractivity contribution in [1.82, 2.24) is 9.78 Å². The van der Waals surface area contributed by atoms with E-state index in [1.165, 1.54) is 0 Å². The van der Waals surface area contributed by atoms with E-state index in [1.54, 1.807) is 6.20 Å². The van der Waals surface area contributed by atoms with Crippen LogP contribution in [0.2, 0.25) is 0 Å². The van der Waals surface area contributed by atoms with E-state index in [1.807, 2.05) is 10.7 Å². The summed E-state index contributed by atoms with van der Waals surface area (Å²) in [5.74, 6) is -0.894. The van der Waals surface area contributed by atoms with Gasteiger partial charge in [0, 0.05) is 18.3 Å². The second kappa shape index (κ2) is 4.65. The maximum atomic E-state index is 10.9. The van der Waals surface area contributed by atoms with Crippen LogP contribution in [0.4, 0.5) is 0 Å². The van der Waals surface area contributed by atoms with Crippen molar-refractivity contribution in [2.24, 2.45) is 11.7 Å². The second-order valence-corrected chi connectivity index (χ2v) is 4.31. The molecule has 16 heavy (non-hydrogen) atoms. The molecule has 2 unspecified atom stereocenters. The van der Waals surface area contributed by atoms with Crippen LogP contribution < -0.4 is 5.73 Å². The third kappa shape index (κ3) is 2.09. The van der Waals surface area contributed by atoms with Crippen LogP contribution in [0.25, 0.3) is 0 Å². The molecule has 0 saturated heterocycles. The lowest BCUT2D eigenvalue weighted by atomic mass is 10.1. The van der Waals surface area contributed by atoms with Crippen LogP contribution in [0, 0.1) is 5.92 Å². The normalized spacial score (nSPS) is 24.8. The molecule has 2 rings (SSSR count). The first-order chi connectivity index (χ1) is 7.72. The smallest absolute Gasteiger partial charge is 0.306 e. The van der Waals surface area contributed by atoms with Gasteiger partial charge in [0.05, 0.1) is 12.0 Å². The van der Waals surface area contributed by atoms with E-state index >= 15 is 0 Å². The predicted molar refractivity (Wildman–Crippen MR) is 59.0 cm³/mol. The molecule has 1 aromatic heterocycles. The number of nitrogens with two attached hydrogens (primary N) is 1. The van der Waals surface area contributed by atoms with E-state index < -0.39 is 5.97 Å². The van der Waals surface area contributed by atoms with Crippen LogP contribution in [0.15, 0.2) is 12.3 Å². The number of nitrogens with zero attached hydrogens (tertiary/aromatic N) is 2. The molecule has 3 N–H and O–H groups in total. The predicted octanol–water partition coefficient (Wildman–Crippen LogP) is 0.810. The molecule has 88 valence electrons. The van der Waals surface area contributed by atoms with Gasteiger partial charge in [0.25, 0.3) is 0 Å². The van der Waals surface area contributed by atoms with Gasteiger partial charge in [-0.25, -0.2) is 0 Å². The van der Waals surface area contributed by atoms with Crippen molar-refractivity contribution >= 4 is 5.97 Å². The van der Waals surface area contributed by atoms with Crippen LogP contribution in [-0.4, -0.2) is 27.4 Å². The average molecular weight is 223 g/mol. The highest BCUT2D eigenvalue weighted by Gasteiger charge is 2.31. The summed E-state index contributed by atoms with van der Waals surface area (Å²) in [6.45, 7) is 0.598. The average Bonchev–Trinajstić information content (AvgIpc) is 2.84. The highest BCUT2D eigenvalue weighted by atomic mass is 16.4. The van der Waals surface area contributed by atoms with E-state index in [-0.39, 0.29) is 12.0 Å². The zero-order valence-corrected chi connectivity index (χ0v) is 9.17. The highest BCUT2D eigenvalue weighted by Crippen LogP contribution is 2.34. The maximum absolute atomic E-state index is 10.9. The van der Waals surface area contributed by atoms with Gasteiger partial charge in [-0.1, -0.05) is 0 Å². The van der Waals surface area contributed by atoms with Gasteiger partial charge in [-0.05, 0) is 31.9 Å². The monoisotopic (exact) mass is 223 g/mol. The molecule has 1 heterocycles. The van der Waals surface area contributed by atoms with E-state index in [0.717, 1.165) is 25.0 Å². The molecule has 0 aliphatic heterocycles. The summed E-state index contributed by atoms with van der Waals surface area (Å²) in [5.41, 5.74) is 6.64. The van der Waals surface area contributed by atoms with Crippen LogP contribution in [0.5, 0.6) is 0 Å². The van der Waals surface area contributed by atoms with Gasteiger partial charge in [0.1, 0.15) is 0 Å². The Morgan fingerprint density at radius 2 is 2.44 bits per heavy atom. The molecule has 1 aliphatic rings. The molecule has 2 atom stereocenters. The van der Waals surface area contributed by atoms with Gasteiger partial charge in [-0.15, -0.1) is 0 Å². The zero-order chi connectivity index (χ0) is 11.5. The molecular formula is C11H17N3O2. The first-order valence-electron chi connectivity index (χ1n) is 5.67. The number of aliphatic carboxylic acids is 1. The minimum atomic E-state index is -0.685. The first-order valence-corrected chi connectivity index (χ1v) is 5.67. The molecule has 0 amide bonds. The Morgan fingerprint density at radius 3 is 3.06 bits per heavy atom. The summed E-state index contributed by atoms with van der Waals surface area (Å²) in [6, 6.07) is 2.19. The molecule has 0 radical (unpaired) electrons. The largest absolute Gasteiger partial charge is 0.481 e. The number of aromatic nitrogens is 2. The Labute approximate surface area is 94.2 Å². The van der Waals surface area contributed by atoms with E-state index in [2.05, 4.69) is 5.10 Å². The van der Waals surface area contributed by atoms with Crippen molar-refractivity contribution in [2.45, 2.75) is 31.7 Å². The lowest BCUT2D eigenvalue weighted by Gasteiger charge is -2.14. The molecule has 1 fully saturated rings. The molecule has 5 heteroatoms. The van der Waals surface area contributed by atoms with Crippen LogP contribution in [0.3, 0.4) is 0 Å². The van der Waals surface area contributed by atoms with Gasteiger partial charge in [0.2, 0.25) is 0 Å². The van der Waals surface area contributed by atoms with Crippen LogP contribution in [-0.2, 0) is 11.2 Å². The van der Waals surface area contributed by atoms with Crippen LogP contribution in [0.1, 0.15) is 31.0 Å². The van der Waals surface area contributed by atoms with Crippen molar-refractivity contribution in [3.63, 3.8) is 0 Å². The second-order valence-electron chi connectivity index (χ2n) is 4.31. The summed E-state index contributed by atoms with van der Waals surface area (Å²) in [4.78, 5) is 10.9. The van der Waals surface area contributed by atoms with E-state index in [4.69, 9.17) is 10.8 Å². The quantitative estimate of drug-likeness (QED) is 0.791. The minimum Gasteiger partial charge on any atom is -0.481 e. The molecule has 0 bridgehead atoms. The fourth-order valence-electron chi connectivity index (χ4n) is 2.42. The van der Waals surface area contributed by atoms with Crippen molar-refractivity contribution in [3.8, 4) is 0 Å². The van der Waals surface area contributed by atoms with Gasteiger partial charge in [-0.2, -0.15) is 5.10 Å². The molecule has 1 aliphatic carbocycles. The number of carboxylic acids is 1. The SMILES string of the molecule is NCCc1ccnn1C1CCC(C(=O)O)C1. The Bertz CT molecular complexity index is 375. The standard InChI is InChI=1S/C11H17N3O2/c12-5-3-9-4-6-13-14(9)10-2-1-8(7-10)11(15)16/h4,6,8,10H,1-3,5,7,12H2,(H,15,16). The van der Waals surface area contributed by atoms with Gasteiger partial charge >= 0.3 is 5.97 Å². The number of rotatable bonds is 4. The number of carbonyl (C=O) groups is 1. The summed E-state index contributed by atoms with van der Waals surface area (Å²) in [6.07, 6.45) is 4.90. The third-order valence-electron chi connectivity index (χ3n) is 3.25. The Hall–Kier alpha value is -1.36. The molecular weight excluding hydrogens is 206 g/mol. The fraction of sp³-hybridized carbons (Fsp3) is 0.636. The highest BCUT2D eigenvalue weighted by molar-refractivity contribution is 5.70. The molecule has 5 nitrogen and oxygen atoms in total. The number of hydrogen-bond donors (Lipinski definition) is 2. The van der Waals surface area contributed by atoms with Crippen molar-refractivity contribution in [3.05, 3.63) is 18.0 Å². The Balaban J connectivity index is 2.08. The van der Waals surface area contributed by atoms with Gasteiger partial charge in [-0.3, -0.25) is 9.48 Å². The lowest BCUT2D eigenvalue weighted by Crippen LogP contribution is -2.15. The van der Waals surface area contributed by atoms with E-state index in [9.17, 15) is 4.79 Å². The molecule has 1 aromatic rings. The number of hydrogen-bond acceptors (Lipinski definition) is 3. The zero-order valence-electron chi connectivity index (χ0n) is 9.17. The molecule has 0 aromatic carbocycles. The maximum Gasteiger partial charge on any atom is 0.306 e. The third-order valence-corrected chi connectivity index (χ3v) is 3.25. The van der Waals surface area contributed by atoms with Gasteiger partial charge in [0.15, 0.2) is 0 Å². The van der Waals surface area contributed by atoms with Crippen molar-refractivity contribution < 1.29 is 9.90 Å². The van der Waals surface area contributed by atoms with Crippen LogP contribution >= 0.6 is 0 Å². The summed E-state index contributed by atoms with van der Waals surface area (Å²) >= 11 is 0. The summed E-state index contributed by atoms with van der Waals surface area (Å²) in [7, 11) is 0. The topological polar surface area (TPSA) is 81.1 Å². The van der Waals surface area contributed by atoms with Crippen molar-refractivity contribution in [1.29, 1.82) is 0 Å². The van der Waals surface area contributed by atoms with E-state index in [0.29, 0.717) is 13.0 Å². The lowest BCUT2D eigenvalue weighted by molar-refractivity contribution is -0.141. The Morgan fingerprint density at radius 1 is 1.62 bits per heavy atom. The molecule has 0 spiro atoms. The Kier molecular flexibility index (Phi) is 3.24. The fourth-order valence-corrected chi connectivity index (χ4v) is 2.42. The first kappa shape index (κ1) is 11.1.